The molecule has 25 heavy (non-hydrogen) atoms. The zero-order valence-corrected chi connectivity index (χ0v) is 17.9. The molecule has 0 aliphatic heterocycles. The van der Waals surface area contributed by atoms with Gasteiger partial charge in [-0.2, -0.15) is 16.3 Å². The van der Waals surface area contributed by atoms with Gasteiger partial charge in [0.15, 0.2) is 11.8 Å². The largest absolute Gasteiger partial charge is 0.383 e. The zero-order valence-electron chi connectivity index (χ0n) is 14.8. The molecule has 3 N–H and O–H groups in total. The number of nitrogens with zero attached hydrogens (tertiary/aromatic N) is 3. The molecule has 2 rings (SSSR count). The number of rotatable bonds is 8. The second-order valence-electron chi connectivity index (χ2n) is 5.75. The fourth-order valence-corrected chi connectivity index (χ4v) is 2.91. The molecule has 0 radical (unpaired) electrons. The summed E-state index contributed by atoms with van der Waals surface area (Å²) in [7, 11) is 0. The lowest BCUT2D eigenvalue weighted by Gasteiger charge is -2.21. The van der Waals surface area contributed by atoms with Crippen LogP contribution in [0.1, 0.15) is 37.5 Å². The molecule has 140 valence electrons. The highest BCUT2D eigenvalue weighted by atomic mass is 127. The maximum atomic E-state index is 10.5. The summed E-state index contributed by atoms with van der Waals surface area (Å²) in [5.74, 6) is 2.00. The van der Waals surface area contributed by atoms with Gasteiger partial charge in [-0.1, -0.05) is 5.16 Å². The molecular weight excluding hydrogens is 453 g/mol. The number of nitrogens with one attached hydrogen (secondary N) is 2. The van der Waals surface area contributed by atoms with Crippen LogP contribution < -0.4 is 10.6 Å². The van der Waals surface area contributed by atoms with Gasteiger partial charge in [-0.15, -0.1) is 24.0 Å². The van der Waals surface area contributed by atoms with Crippen LogP contribution in [0.15, 0.2) is 26.3 Å². The predicted octanol–water partition coefficient (Wildman–Crippen LogP) is 2.45. The maximum absolute atomic E-state index is 10.5. The van der Waals surface area contributed by atoms with Gasteiger partial charge in [-0.25, -0.2) is 4.99 Å². The second kappa shape index (κ2) is 10.7. The highest BCUT2D eigenvalue weighted by molar-refractivity contribution is 14.0. The third-order valence-electron chi connectivity index (χ3n) is 3.46. The Hall–Kier alpha value is -1.20. The standard InChI is InChI=1S/C16H25N5O2S.HI/c1-4-17-15(18-8-5-6-14-20-12(2)21-23-14)19-11-16(3,22)13-7-9-24-10-13;/h7,9-10,22H,4-6,8,11H2,1-3H3,(H2,17,18,19);1H. The minimum Gasteiger partial charge on any atom is -0.383 e. The number of aliphatic imine (C=N–C) groups is 1. The molecule has 2 aromatic heterocycles. The summed E-state index contributed by atoms with van der Waals surface area (Å²) in [4.78, 5) is 8.66. The molecule has 1 unspecified atom stereocenters. The molecule has 0 amide bonds. The van der Waals surface area contributed by atoms with Crippen LogP contribution in [0.5, 0.6) is 0 Å². The van der Waals surface area contributed by atoms with Crippen molar-refractivity contribution in [3.8, 4) is 0 Å². The lowest BCUT2D eigenvalue weighted by molar-refractivity contribution is 0.0677. The molecule has 2 heterocycles. The Morgan fingerprint density at radius 2 is 2.24 bits per heavy atom. The minimum atomic E-state index is -0.969. The fraction of sp³-hybridized carbons (Fsp3) is 0.562. The van der Waals surface area contributed by atoms with Crippen LogP contribution in [-0.4, -0.2) is 40.8 Å². The van der Waals surface area contributed by atoms with E-state index >= 15 is 0 Å². The molecule has 7 nitrogen and oxygen atoms in total. The molecule has 0 saturated heterocycles. The molecule has 1 atom stereocenters. The number of aromatic nitrogens is 2. The maximum Gasteiger partial charge on any atom is 0.226 e. The highest BCUT2D eigenvalue weighted by Crippen LogP contribution is 2.23. The number of aryl methyl sites for hydroxylation is 2. The van der Waals surface area contributed by atoms with Gasteiger partial charge in [0.05, 0.1) is 6.54 Å². The van der Waals surface area contributed by atoms with Crippen molar-refractivity contribution in [1.82, 2.24) is 20.8 Å². The smallest absolute Gasteiger partial charge is 0.226 e. The van der Waals surface area contributed by atoms with Crippen molar-refractivity contribution in [2.45, 2.75) is 39.2 Å². The topological polar surface area (TPSA) is 95.6 Å². The Morgan fingerprint density at radius 3 is 2.84 bits per heavy atom. The quantitative estimate of drug-likeness (QED) is 0.233. The third-order valence-corrected chi connectivity index (χ3v) is 4.15. The van der Waals surface area contributed by atoms with Crippen LogP contribution >= 0.6 is 35.3 Å². The number of thiophene rings is 1. The Morgan fingerprint density at radius 1 is 1.44 bits per heavy atom. The Labute approximate surface area is 169 Å². The monoisotopic (exact) mass is 479 g/mol. The molecule has 0 fully saturated rings. The summed E-state index contributed by atoms with van der Waals surface area (Å²) < 4.78 is 5.09. The lowest BCUT2D eigenvalue weighted by Crippen LogP contribution is -2.39. The van der Waals surface area contributed by atoms with Gasteiger partial charge in [-0.3, -0.25) is 0 Å². The first-order chi connectivity index (χ1) is 11.5. The molecule has 0 aliphatic rings. The molecule has 0 bridgehead atoms. The average Bonchev–Trinajstić information content (AvgIpc) is 3.21. The van der Waals surface area contributed by atoms with E-state index in [4.69, 9.17) is 4.52 Å². The fourth-order valence-electron chi connectivity index (χ4n) is 2.12. The van der Waals surface area contributed by atoms with E-state index in [2.05, 4.69) is 25.8 Å². The summed E-state index contributed by atoms with van der Waals surface area (Å²) in [5, 5.41) is 24.6. The second-order valence-corrected chi connectivity index (χ2v) is 6.53. The van der Waals surface area contributed by atoms with Crippen LogP contribution in [0.3, 0.4) is 0 Å². The van der Waals surface area contributed by atoms with Gasteiger partial charge in [0.2, 0.25) is 5.89 Å². The van der Waals surface area contributed by atoms with Crippen molar-refractivity contribution in [1.29, 1.82) is 0 Å². The Balaban J connectivity index is 0.00000312. The molecule has 0 spiro atoms. The number of hydrogen-bond acceptors (Lipinski definition) is 6. The van der Waals surface area contributed by atoms with Crippen LogP contribution in [0.4, 0.5) is 0 Å². The van der Waals surface area contributed by atoms with Crippen LogP contribution in [-0.2, 0) is 12.0 Å². The number of hydrogen-bond donors (Lipinski definition) is 3. The van der Waals surface area contributed by atoms with Crippen LogP contribution in [0.2, 0.25) is 0 Å². The van der Waals surface area contributed by atoms with Gasteiger partial charge in [0.25, 0.3) is 0 Å². The molecule has 9 heteroatoms. The van der Waals surface area contributed by atoms with Crippen molar-refractivity contribution in [2.24, 2.45) is 4.99 Å². The van der Waals surface area contributed by atoms with Crippen LogP contribution in [0.25, 0.3) is 0 Å². The summed E-state index contributed by atoms with van der Waals surface area (Å²) in [6.07, 6.45) is 1.58. The van der Waals surface area contributed by atoms with Crippen LogP contribution in [0, 0.1) is 6.92 Å². The normalized spacial score (nSPS) is 13.8. The van der Waals surface area contributed by atoms with E-state index in [-0.39, 0.29) is 24.0 Å². The summed E-state index contributed by atoms with van der Waals surface area (Å²) >= 11 is 1.57. The summed E-state index contributed by atoms with van der Waals surface area (Å²) in [6, 6.07) is 1.92. The molecular formula is C16H26IN5O2S. The summed E-state index contributed by atoms with van der Waals surface area (Å²) in [6.45, 7) is 7.38. The van der Waals surface area contributed by atoms with E-state index in [1.807, 2.05) is 23.8 Å². The van der Waals surface area contributed by atoms with Gasteiger partial charge in [0.1, 0.15) is 5.60 Å². The van der Waals surface area contributed by atoms with E-state index in [9.17, 15) is 5.11 Å². The Bertz CT molecular complexity index is 643. The van der Waals surface area contributed by atoms with E-state index in [0.717, 1.165) is 31.5 Å². The van der Waals surface area contributed by atoms with E-state index in [0.29, 0.717) is 24.2 Å². The predicted molar refractivity (Wildman–Crippen MR) is 111 cm³/mol. The first-order valence-corrected chi connectivity index (χ1v) is 9.02. The molecule has 0 aromatic carbocycles. The Kier molecular flexibility index (Phi) is 9.36. The van der Waals surface area contributed by atoms with Crippen molar-refractivity contribution >= 4 is 41.3 Å². The number of aliphatic hydroxyl groups is 1. The molecule has 0 aliphatic carbocycles. The summed E-state index contributed by atoms with van der Waals surface area (Å²) in [5.41, 5.74) is -0.0808. The number of guanidine groups is 1. The van der Waals surface area contributed by atoms with E-state index in [1.165, 1.54) is 0 Å². The van der Waals surface area contributed by atoms with Crippen molar-refractivity contribution in [2.75, 3.05) is 19.6 Å². The first-order valence-electron chi connectivity index (χ1n) is 8.07. The minimum absolute atomic E-state index is 0. The van der Waals surface area contributed by atoms with Gasteiger partial charge in [-0.05, 0) is 49.6 Å². The SMILES string of the molecule is CCNC(=NCC(C)(O)c1ccsc1)NCCCc1nc(C)no1.I. The van der Waals surface area contributed by atoms with Crippen molar-refractivity contribution in [3.63, 3.8) is 0 Å². The molecule has 2 aromatic rings. The average molecular weight is 479 g/mol. The molecule has 0 saturated carbocycles. The van der Waals surface area contributed by atoms with Crippen molar-refractivity contribution in [3.05, 3.63) is 34.1 Å². The van der Waals surface area contributed by atoms with E-state index < -0.39 is 5.60 Å². The number of halogens is 1. The van der Waals surface area contributed by atoms with Gasteiger partial charge in [0, 0.05) is 19.5 Å². The highest BCUT2D eigenvalue weighted by Gasteiger charge is 2.23. The van der Waals surface area contributed by atoms with Gasteiger partial charge >= 0.3 is 0 Å². The van der Waals surface area contributed by atoms with E-state index in [1.54, 1.807) is 25.2 Å². The van der Waals surface area contributed by atoms with Gasteiger partial charge < -0.3 is 20.3 Å². The first kappa shape index (κ1) is 21.8. The zero-order chi connectivity index (χ0) is 17.4. The lowest BCUT2D eigenvalue weighted by atomic mass is 10.00. The third kappa shape index (κ3) is 7.28. The van der Waals surface area contributed by atoms with Crippen molar-refractivity contribution < 1.29 is 9.63 Å².